The van der Waals surface area contributed by atoms with Crippen LogP contribution in [0, 0.1) is 0 Å². The second kappa shape index (κ2) is 8.16. The summed E-state index contributed by atoms with van der Waals surface area (Å²) in [6.45, 7) is 0. The number of ether oxygens (including phenoxy) is 1. The van der Waals surface area contributed by atoms with Crippen LogP contribution in [0.1, 0.15) is 9.80 Å². The zero-order valence-electron chi connectivity index (χ0n) is 14.6. The summed E-state index contributed by atoms with van der Waals surface area (Å²) >= 11 is 6.56. The lowest BCUT2D eigenvalue weighted by molar-refractivity contribution is 0.0977. The summed E-state index contributed by atoms with van der Waals surface area (Å²) in [4.78, 5) is 16.7. The van der Waals surface area contributed by atoms with Gasteiger partial charge in [0.05, 0.1) is 10.2 Å². The van der Waals surface area contributed by atoms with Gasteiger partial charge in [0.2, 0.25) is 0 Å². The maximum absolute atomic E-state index is 12.4. The summed E-state index contributed by atoms with van der Waals surface area (Å²) < 4.78 is 6.71. The topological polar surface area (TPSA) is 63.2 Å². The van der Waals surface area contributed by atoms with Crippen molar-refractivity contribution in [3.8, 4) is 11.5 Å². The van der Waals surface area contributed by atoms with E-state index < -0.39 is 0 Å². The number of nitrogens with one attached hydrogen (secondary N) is 2. The van der Waals surface area contributed by atoms with Crippen molar-refractivity contribution in [2.45, 2.75) is 0 Å². The fourth-order valence-electron chi connectivity index (χ4n) is 2.52. The summed E-state index contributed by atoms with van der Waals surface area (Å²) in [5.74, 6) is 1.14. The smallest absolute Gasteiger partial charge is 0.286 e. The highest BCUT2D eigenvalue weighted by Crippen LogP contribution is 2.23. The molecule has 7 heteroatoms. The number of thiazole rings is 1. The molecule has 0 saturated carbocycles. The number of hydrogen-bond acceptors (Lipinski definition) is 5. The van der Waals surface area contributed by atoms with E-state index in [1.807, 2.05) is 78.9 Å². The Morgan fingerprint density at radius 3 is 2.32 bits per heavy atom. The second-order valence-corrected chi connectivity index (χ2v) is 7.27. The van der Waals surface area contributed by atoms with E-state index >= 15 is 0 Å². The predicted molar refractivity (Wildman–Crippen MR) is 116 cm³/mol. The number of anilines is 1. The van der Waals surface area contributed by atoms with Crippen molar-refractivity contribution >= 4 is 50.5 Å². The molecule has 0 aliphatic heterocycles. The van der Waals surface area contributed by atoms with Crippen molar-refractivity contribution in [1.29, 1.82) is 0 Å². The number of amides is 1. The van der Waals surface area contributed by atoms with Crippen LogP contribution in [0.15, 0.2) is 78.9 Å². The van der Waals surface area contributed by atoms with Crippen LogP contribution >= 0.6 is 23.6 Å². The molecule has 0 fully saturated rings. The van der Waals surface area contributed by atoms with Gasteiger partial charge in [-0.15, -0.1) is 11.3 Å². The maximum atomic E-state index is 12.4. The average molecular weight is 406 g/mol. The number of thiocarbonyl (C=S) groups is 1. The van der Waals surface area contributed by atoms with Crippen LogP contribution < -0.4 is 15.4 Å². The summed E-state index contributed by atoms with van der Waals surface area (Å²) in [6.07, 6.45) is 0. The molecule has 0 unspecified atom stereocenters. The van der Waals surface area contributed by atoms with Crippen molar-refractivity contribution in [2.24, 2.45) is 0 Å². The lowest BCUT2D eigenvalue weighted by Gasteiger charge is -2.10. The second-order valence-electron chi connectivity index (χ2n) is 5.83. The molecule has 4 rings (SSSR count). The molecule has 1 aromatic heterocycles. The SMILES string of the molecule is O=C(NC(=S)Nc1ccc(Oc2ccccc2)cc1)c1nc2ccccc2s1. The van der Waals surface area contributed by atoms with Gasteiger partial charge in [0.1, 0.15) is 11.5 Å². The van der Waals surface area contributed by atoms with E-state index in [0.29, 0.717) is 10.8 Å². The highest BCUT2D eigenvalue weighted by atomic mass is 32.1. The van der Waals surface area contributed by atoms with Gasteiger partial charge in [-0.1, -0.05) is 30.3 Å². The van der Waals surface area contributed by atoms with Crippen LogP contribution in [-0.2, 0) is 0 Å². The third-order valence-corrected chi connectivity index (χ3v) is 5.05. The van der Waals surface area contributed by atoms with E-state index in [9.17, 15) is 4.79 Å². The monoisotopic (exact) mass is 405 g/mol. The van der Waals surface area contributed by atoms with Crippen LogP contribution in [0.4, 0.5) is 5.69 Å². The van der Waals surface area contributed by atoms with Crippen molar-refractivity contribution < 1.29 is 9.53 Å². The minimum atomic E-state index is -0.331. The molecular weight excluding hydrogens is 390 g/mol. The molecule has 0 atom stereocenters. The largest absolute Gasteiger partial charge is 0.457 e. The average Bonchev–Trinajstić information content (AvgIpc) is 3.15. The lowest BCUT2D eigenvalue weighted by Crippen LogP contribution is -2.34. The number of fused-ring (bicyclic) bond motifs is 1. The number of carbonyl (C=O) groups excluding carboxylic acids is 1. The van der Waals surface area contributed by atoms with E-state index in [1.54, 1.807) is 0 Å². The summed E-state index contributed by atoms with van der Waals surface area (Å²) in [7, 11) is 0. The molecule has 28 heavy (non-hydrogen) atoms. The Bertz CT molecular complexity index is 1090. The van der Waals surface area contributed by atoms with E-state index in [2.05, 4.69) is 15.6 Å². The number of aromatic nitrogens is 1. The number of carbonyl (C=O) groups is 1. The minimum Gasteiger partial charge on any atom is -0.457 e. The predicted octanol–water partition coefficient (Wildman–Crippen LogP) is 5.22. The number of benzene rings is 3. The van der Waals surface area contributed by atoms with E-state index in [1.165, 1.54) is 11.3 Å². The van der Waals surface area contributed by atoms with Crippen LogP contribution in [0.2, 0.25) is 0 Å². The van der Waals surface area contributed by atoms with Crippen molar-refractivity contribution in [1.82, 2.24) is 10.3 Å². The fraction of sp³-hybridized carbons (Fsp3) is 0. The third-order valence-electron chi connectivity index (χ3n) is 3.81. The van der Waals surface area contributed by atoms with Crippen molar-refractivity contribution in [2.75, 3.05) is 5.32 Å². The van der Waals surface area contributed by atoms with Crippen LogP contribution in [0.5, 0.6) is 11.5 Å². The minimum absolute atomic E-state index is 0.209. The highest BCUT2D eigenvalue weighted by molar-refractivity contribution is 7.80. The molecule has 4 aromatic rings. The van der Waals surface area contributed by atoms with E-state index in [4.69, 9.17) is 17.0 Å². The van der Waals surface area contributed by atoms with Gasteiger partial charge >= 0.3 is 0 Å². The Labute approximate surface area is 171 Å². The Kier molecular flexibility index (Phi) is 5.27. The molecule has 0 saturated heterocycles. The first-order chi connectivity index (χ1) is 13.7. The standard InChI is InChI=1S/C21H15N3O2S2/c25-19(20-23-17-8-4-5-9-18(17)28-20)24-21(27)22-14-10-12-16(13-11-14)26-15-6-2-1-3-7-15/h1-13H,(H2,22,24,25,27). The first kappa shape index (κ1) is 18.1. The van der Waals surface area contributed by atoms with Gasteiger partial charge in [-0.3, -0.25) is 10.1 Å². The first-order valence-corrected chi connectivity index (χ1v) is 9.71. The Morgan fingerprint density at radius 1 is 0.893 bits per heavy atom. The first-order valence-electron chi connectivity index (χ1n) is 8.48. The molecule has 1 heterocycles. The van der Waals surface area contributed by atoms with Crippen LogP contribution in [0.3, 0.4) is 0 Å². The van der Waals surface area contributed by atoms with Gasteiger partial charge in [0.25, 0.3) is 5.91 Å². The van der Waals surface area contributed by atoms with Crippen LogP contribution in [0.25, 0.3) is 10.2 Å². The normalized spacial score (nSPS) is 10.4. The lowest BCUT2D eigenvalue weighted by atomic mass is 10.3. The molecular formula is C21H15N3O2S2. The van der Waals surface area contributed by atoms with Crippen molar-refractivity contribution in [3.63, 3.8) is 0 Å². The maximum Gasteiger partial charge on any atom is 0.286 e. The molecule has 2 N–H and O–H groups in total. The molecule has 0 bridgehead atoms. The number of rotatable bonds is 4. The molecule has 3 aromatic carbocycles. The fourth-order valence-corrected chi connectivity index (χ4v) is 3.59. The number of para-hydroxylation sites is 2. The van der Waals surface area contributed by atoms with Gasteiger partial charge in [-0.05, 0) is 60.7 Å². The summed E-state index contributed by atoms with van der Waals surface area (Å²) in [5.41, 5.74) is 1.54. The quantitative estimate of drug-likeness (QED) is 0.456. The molecule has 0 aliphatic carbocycles. The zero-order valence-corrected chi connectivity index (χ0v) is 16.2. The Balaban J connectivity index is 1.36. The Morgan fingerprint density at radius 2 is 1.57 bits per heavy atom. The highest BCUT2D eigenvalue weighted by Gasteiger charge is 2.13. The molecule has 5 nitrogen and oxygen atoms in total. The number of nitrogens with zero attached hydrogens (tertiary/aromatic N) is 1. The molecule has 0 aliphatic rings. The zero-order chi connectivity index (χ0) is 19.3. The van der Waals surface area contributed by atoms with E-state index in [-0.39, 0.29) is 11.0 Å². The van der Waals surface area contributed by atoms with Gasteiger partial charge in [-0.2, -0.15) is 0 Å². The molecule has 138 valence electrons. The molecule has 1 amide bonds. The Hall–Kier alpha value is -3.29. The van der Waals surface area contributed by atoms with Gasteiger partial charge in [-0.25, -0.2) is 4.98 Å². The van der Waals surface area contributed by atoms with E-state index in [0.717, 1.165) is 21.7 Å². The summed E-state index contributed by atoms with van der Waals surface area (Å²) in [5, 5.41) is 6.23. The van der Waals surface area contributed by atoms with Crippen LogP contribution in [-0.4, -0.2) is 16.0 Å². The summed E-state index contributed by atoms with van der Waals surface area (Å²) in [6, 6.07) is 24.5. The van der Waals surface area contributed by atoms with Gasteiger partial charge < -0.3 is 10.1 Å². The molecule has 0 spiro atoms. The van der Waals surface area contributed by atoms with Gasteiger partial charge in [0.15, 0.2) is 10.1 Å². The van der Waals surface area contributed by atoms with Crippen molar-refractivity contribution in [3.05, 3.63) is 83.9 Å². The van der Waals surface area contributed by atoms with Gasteiger partial charge in [0, 0.05) is 5.69 Å². The number of hydrogen-bond donors (Lipinski definition) is 2. The third kappa shape index (κ3) is 4.33. The molecule has 0 radical (unpaired) electrons.